The Labute approximate surface area is 189 Å². The van der Waals surface area contributed by atoms with Gasteiger partial charge < -0.3 is 21.5 Å². The number of hydrogen-bond acceptors (Lipinski definition) is 6. The Hall–Kier alpha value is -4.21. The fraction of sp³-hybridized carbons (Fsp3) is 0.217. The Morgan fingerprint density at radius 1 is 1.18 bits per heavy atom. The van der Waals surface area contributed by atoms with Gasteiger partial charge in [0, 0.05) is 29.4 Å². The first-order chi connectivity index (χ1) is 15.6. The Bertz CT molecular complexity index is 1240. The highest BCUT2D eigenvalue weighted by Gasteiger charge is 2.17. The normalized spacial score (nSPS) is 10.8. The monoisotopic (exact) mass is 453 g/mol. The highest BCUT2D eigenvalue weighted by Crippen LogP contribution is 2.23. The van der Waals surface area contributed by atoms with Gasteiger partial charge in [0.2, 0.25) is 0 Å². The maximum atomic E-state index is 13.1. The van der Waals surface area contributed by atoms with E-state index in [4.69, 9.17) is 5.73 Å². The lowest BCUT2D eigenvalue weighted by Crippen LogP contribution is -2.30. The molecule has 0 spiro atoms. The fourth-order valence-electron chi connectivity index (χ4n) is 3.20. The largest absolute Gasteiger partial charge is 0.480 e. The Morgan fingerprint density at radius 2 is 1.88 bits per heavy atom. The van der Waals surface area contributed by atoms with Crippen LogP contribution in [-0.4, -0.2) is 32.6 Å². The molecule has 1 amide bonds. The molecule has 5 N–H and O–H groups in total. The minimum absolute atomic E-state index is 0.0242. The summed E-state index contributed by atoms with van der Waals surface area (Å²) in [5, 5.41) is 14.9. The van der Waals surface area contributed by atoms with Crippen LogP contribution in [0.25, 0.3) is 11.3 Å². The highest BCUT2D eigenvalue weighted by atomic mass is 19.1. The predicted octanol–water partition coefficient (Wildman–Crippen LogP) is 2.47. The van der Waals surface area contributed by atoms with Gasteiger partial charge in [-0.2, -0.15) is 0 Å². The molecule has 1 aromatic heterocycles. The second-order valence-electron chi connectivity index (χ2n) is 7.73. The van der Waals surface area contributed by atoms with Crippen molar-refractivity contribution in [2.75, 3.05) is 11.1 Å². The average Bonchev–Trinajstić information content (AvgIpc) is 2.75. The summed E-state index contributed by atoms with van der Waals surface area (Å²) in [4.78, 5) is 41.1. The molecule has 0 fully saturated rings. The summed E-state index contributed by atoms with van der Waals surface area (Å²) in [7, 11) is 0. The molecule has 1 heterocycles. The molecule has 0 atom stereocenters. The summed E-state index contributed by atoms with van der Waals surface area (Å²) in [6.45, 7) is 3.23. The molecule has 10 heteroatoms. The summed E-state index contributed by atoms with van der Waals surface area (Å²) in [5.41, 5.74) is 7.12. The Kier molecular flexibility index (Phi) is 7.07. The zero-order valence-electron chi connectivity index (χ0n) is 18.1. The predicted molar refractivity (Wildman–Crippen MR) is 122 cm³/mol. The van der Waals surface area contributed by atoms with Crippen molar-refractivity contribution in [2.24, 2.45) is 0 Å². The molecule has 0 unspecified atom stereocenters. The lowest BCUT2D eigenvalue weighted by molar-refractivity contribution is -0.137. The van der Waals surface area contributed by atoms with Crippen molar-refractivity contribution >= 4 is 23.4 Å². The van der Waals surface area contributed by atoms with Crippen molar-refractivity contribution in [3.63, 3.8) is 0 Å². The molecule has 2 aromatic carbocycles. The lowest BCUT2D eigenvalue weighted by Gasteiger charge is -2.16. The zero-order chi connectivity index (χ0) is 24.1. The van der Waals surface area contributed by atoms with Crippen LogP contribution in [-0.2, 0) is 17.9 Å². The summed E-state index contributed by atoms with van der Waals surface area (Å²) in [6.07, 6.45) is 1.37. The van der Waals surface area contributed by atoms with Gasteiger partial charge >= 0.3 is 5.97 Å². The molecule has 0 radical (unpaired) electrons. The quantitative estimate of drug-likeness (QED) is 0.384. The average molecular weight is 453 g/mol. The van der Waals surface area contributed by atoms with Crippen molar-refractivity contribution in [1.29, 1.82) is 0 Å². The van der Waals surface area contributed by atoms with E-state index < -0.39 is 24.0 Å². The van der Waals surface area contributed by atoms with E-state index >= 15 is 0 Å². The summed E-state index contributed by atoms with van der Waals surface area (Å²) < 4.78 is 14.1. The fourth-order valence-corrected chi connectivity index (χ4v) is 3.20. The molecule has 172 valence electrons. The molecule has 0 aliphatic heterocycles. The van der Waals surface area contributed by atoms with E-state index in [1.54, 1.807) is 12.1 Å². The first kappa shape index (κ1) is 23.5. The number of nitrogens with zero attached hydrogens (tertiary/aromatic N) is 2. The topological polar surface area (TPSA) is 139 Å². The van der Waals surface area contributed by atoms with Crippen LogP contribution in [0.2, 0.25) is 0 Å². The minimum atomic E-state index is -1.21. The van der Waals surface area contributed by atoms with E-state index in [0.717, 1.165) is 4.57 Å². The van der Waals surface area contributed by atoms with E-state index in [0.29, 0.717) is 11.1 Å². The van der Waals surface area contributed by atoms with Crippen molar-refractivity contribution in [3.8, 4) is 11.3 Å². The maximum absolute atomic E-state index is 13.1. The number of carboxylic acid groups (broad SMARTS) is 1. The van der Waals surface area contributed by atoms with E-state index in [-0.39, 0.29) is 41.2 Å². The van der Waals surface area contributed by atoms with E-state index in [1.807, 2.05) is 13.8 Å². The number of aliphatic carboxylic acids is 1. The Morgan fingerprint density at radius 3 is 2.52 bits per heavy atom. The standard InChI is InChI=1S/C23H24FN5O4/c1-13(2)28-21-23(33)29(12-20(30)31)19(11-26-21)15-7-16(9-18(25)8-15)22(32)27-10-14-3-5-17(24)6-4-14/h3-9,11,13H,10,12,25H2,1-2H3,(H,26,28)(H,27,32)(H,30,31). The van der Waals surface area contributed by atoms with E-state index in [2.05, 4.69) is 15.6 Å². The van der Waals surface area contributed by atoms with Gasteiger partial charge in [-0.15, -0.1) is 0 Å². The van der Waals surface area contributed by atoms with Gasteiger partial charge in [-0.1, -0.05) is 12.1 Å². The number of nitrogens with one attached hydrogen (secondary N) is 2. The number of amides is 1. The molecule has 3 aromatic rings. The second-order valence-corrected chi connectivity index (χ2v) is 7.73. The number of nitrogens with two attached hydrogens (primary N) is 1. The molecular weight excluding hydrogens is 429 g/mol. The number of carbonyl (C=O) groups excluding carboxylic acids is 1. The summed E-state index contributed by atoms with van der Waals surface area (Å²) >= 11 is 0. The van der Waals surface area contributed by atoms with Gasteiger partial charge in [0.15, 0.2) is 5.82 Å². The molecule has 33 heavy (non-hydrogen) atoms. The summed E-state index contributed by atoms with van der Waals surface area (Å²) in [5.74, 6) is -2.00. The first-order valence-corrected chi connectivity index (χ1v) is 10.2. The van der Waals surface area contributed by atoms with E-state index in [9.17, 15) is 23.9 Å². The third-order valence-corrected chi connectivity index (χ3v) is 4.65. The maximum Gasteiger partial charge on any atom is 0.323 e. The van der Waals surface area contributed by atoms with Crippen LogP contribution in [0.3, 0.4) is 0 Å². The number of anilines is 2. The van der Waals surface area contributed by atoms with Gasteiger partial charge in [-0.05, 0) is 49.7 Å². The highest BCUT2D eigenvalue weighted by molar-refractivity contribution is 5.96. The van der Waals surface area contributed by atoms with Crippen LogP contribution in [0, 0.1) is 5.82 Å². The molecule has 3 rings (SSSR count). The number of aromatic nitrogens is 2. The van der Waals surface area contributed by atoms with Crippen molar-refractivity contribution in [2.45, 2.75) is 33.0 Å². The van der Waals surface area contributed by atoms with Gasteiger partial charge in [-0.25, -0.2) is 9.37 Å². The van der Waals surface area contributed by atoms with Crippen molar-refractivity contribution in [1.82, 2.24) is 14.9 Å². The van der Waals surface area contributed by atoms with Crippen LogP contribution < -0.4 is 21.9 Å². The van der Waals surface area contributed by atoms with Gasteiger partial charge in [-0.3, -0.25) is 19.0 Å². The SMILES string of the molecule is CC(C)Nc1ncc(-c2cc(N)cc(C(=O)NCc3ccc(F)cc3)c2)n(CC(=O)O)c1=O. The molecule has 0 aliphatic rings. The smallest absolute Gasteiger partial charge is 0.323 e. The van der Waals surface area contributed by atoms with Crippen LogP contribution in [0.4, 0.5) is 15.9 Å². The van der Waals surface area contributed by atoms with Gasteiger partial charge in [0.25, 0.3) is 11.5 Å². The molecule has 9 nitrogen and oxygen atoms in total. The molecule has 0 saturated carbocycles. The van der Waals surface area contributed by atoms with Crippen LogP contribution in [0.5, 0.6) is 0 Å². The van der Waals surface area contributed by atoms with Gasteiger partial charge in [0.05, 0.1) is 11.9 Å². The van der Waals surface area contributed by atoms with Crippen molar-refractivity contribution in [3.05, 3.63) is 76.0 Å². The molecular formula is C23H24FN5O4. The Balaban J connectivity index is 1.95. The third kappa shape index (κ3) is 5.94. The number of rotatable bonds is 8. The number of carbonyl (C=O) groups is 2. The van der Waals surface area contributed by atoms with Gasteiger partial charge in [0.1, 0.15) is 12.4 Å². The molecule has 0 aliphatic carbocycles. The zero-order valence-corrected chi connectivity index (χ0v) is 18.1. The number of benzene rings is 2. The molecule has 0 saturated heterocycles. The number of nitrogen functional groups attached to an aromatic ring is 1. The van der Waals surface area contributed by atoms with Crippen LogP contribution in [0.1, 0.15) is 29.8 Å². The first-order valence-electron chi connectivity index (χ1n) is 10.2. The second kappa shape index (κ2) is 9.94. The summed E-state index contributed by atoms with van der Waals surface area (Å²) in [6, 6.07) is 10.1. The van der Waals surface area contributed by atoms with Crippen LogP contribution in [0.15, 0.2) is 53.5 Å². The number of halogens is 1. The van der Waals surface area contributed by atoms with Crippen LogP contribution >= 0.6 is 0 Å². The van der Waals surface area contributed by atoms with Crippen molar-refractivity contribution < 1.29 is 19.1 Å². The number of carboxylic acids is 1. The minimum Gasteiger partial charge on any atom is -0.480 e. The lowest BCUT2D eigenvalue weighted by atomic mass is 10.1. The molecule has 0 bridgehead atoms. The number of hydrogen-bond donors (Lipinski definition) is 4. The van der Waals surface area contributed by atoms with E-state index in [1.165, 1.54) is 36.5 Å². The third-order valence-electron chi connectivity index (χ3n) is 4.65.